The van der Waals surface area contributed by atoms with E-state index < -0.39 is 43.2 Å². The molecule has 1 aliphatic heterocycles. The van der Waals surface area contributed by atoms with E-state index in [1.54, 1.807) is 0 Å². The summed E-state index contributed by atoms with van der Waals surface area (Å²) in [6.07, 6.45) is 0.0476. The molecule has 114 valence electrons. The number of benzene rings is 1. The monoisotopic (exact) mass is 379 g/mol. The first-order valence-electron chi connectivity index (χ1n) is 5.87. The van der Waals surface area contributed by atoms with E-state index in [0.29, 0.717) is 0 Å². The number of hydrogen-bond acceptors (Lipinski definition) is 4. The standard InChI is InChI=1S/C12H11BrFNO5S/c1-15-3-2-8(11(15)16)21(19,20)9-5-6(13)4-7(10(9)14)12(17)18/h4-5,8H,2-3H2,1H3,(H,17,18). The van der Waals surface area contributed by atoms with Crippen LogP contribution in [0.4, 0.5) is 4.39 Å². The van der Waals surface area contributed by atoms with Crippen molar-refractivity contribution in [2.75, 3.05) is 13.6 Å². The molecule has 1 atom stereocenters. The van der Waals surface area contributed by atoms with E-state index in [-0.39, 0.29) is 17.4 Å². The van der Waals surface area contributed by atoms with Gasteiger partial charge in [-0.2, -0.15) is 0 Å². The number of likely N-dealkylation sites (tertiary alicyclic amines) is 1. The molecule has 1 aromatic carbocycles. The lowest BCUT2D eigenvalue weighted by Gasteiger charge is -2.13. The van der Waals surface area contributed by atoms with Gasteiger partial charge < -0.3 is 10.0 Å². The van der Waals surface area contributed by atoms with Crippen molar-refractivity contribution in [3.05, 3.63) is 28.0 Å². The van der Waals surface area contributed by atoms with E-state index in [4.69, 9.17) is 5.11 Å². The summed E-state index contributed by atoms with van der Waals surface area (Å²) in [7, 11) is -2.83. The van der Waals surface area contributed by atoms with Crippen LogP contribution in [0.5, 0.6) is 0 Å². The maximum Gasteiger partial charge on any atom is 0.338 e. The minimum atomic E-state index is -4.29. The summed E-state index contributed by atoms with van der Waals surface area (Å²) < 4.78 is 39.2. The molecule has 21 heavy (non-hydrogen) atoms. The van der Waals surface area contributed by atoms with Crippen LogP contribution in [0, 0.1) is 5.82 Å². The summed E-state index contributed by atoms with van der Waals surface area (Å²) in [5.74, 6) is -3.56. The maximum atomic E-state index is 14.2. The lowest BCUT2D eigenvalue weighted by atomic mass is 10.2. The predicted molar refractivity (Wildman–Crippen MR) is 74.3 cm³/mol. The molecule has 1 N–H and O–H groups in total. The molecule has 0 aliphatic carbocycles. The Labute approximate surface area is 128 Å². The van der Waals surface area contributed by atoms with Crippen LogP contribution in [0.25, 0.3) is 0 Å². The van der Waals surface area contributed by atoms with E-state index in [2.05, 4.69) is 15.9 Å². The van der Waals surface area contributed by atoms with Gasteiger partial charge in [-0.1, -0.05) is 15.9 Å². The lowest BCUT2D eigenvalue weighted by molar-refractivity contribution is -0.126. The fraction of sp³-hybridized carbons (Fsp3) is 0.333. The fourth-order valence-corrected chi connectivity index (χ4v) is 4.59. The third kappa shape index (κ3) is 2.67. The van der Waals surface area contributed by atoms with Gasteiger partial charge in [0.15, 0.2) is 15.7 Å². The van der Waals surface area contributed by atoms with Crippen molar-refractivity contribution in [2.45, 2.75) is 16.6 Å². The van der Waals surface area contributed by atoms with E-state index in [0.717, 1.165) is 12.1 Å². The zero-order valence-electron chi connectivity index (χ0n) is 10.8. The Morgan fingerprint density at radius 3 is 2.57 bits per heavy atom. The summed E-state index contributed by atoms with van der Waals surface area (Å²) in [4.78, 5) is 23.3. The number of carbonyl (C=O) groups is 2. The first-order chi connectivity index (χ1) is 9.66. The van der Waals surface area contributed by atoms with Gasteiger partial charge >= 0.3 is 5.97 Å². The topological polar surface area (TPSA) is 91.8 Å². The number of rotatable bonds is 3. The Morgan fingerprint density at radius 2 is 2.10 bits per heavy atom. The fourth-order valence-electron chi connectivity index (χ4n) is 2.16. The molecule has 9 heteroatoms. The van der Waals surface area contributed by atoms with Crippen LogP contribution in [0.2, 0.25) is 0 Å². The predicted octanol–water partition coefficient (Wildman–Crippen LogP) is 1.29. The number of nitrogens with zero attached hydrogens (tertiary/aromatic N) is 1. The van der Waals surface area contributed by atoms with Crippen LogP contribution in [-0.4, -0.2) is 49.1 Å². The summed E-state index contributed by atoms with van der Waals surface area (Å²) in [5, 5.41) is 7.53. The van der Waals surface area contributed by atoms with E-state index in [9.17, 15) is 22.4 Å². The Hall–Kier alpha value is -1.48. The van der Waals surface area contributed by atoms with Crippen LogP contribution < -0.4 is 0 Å². The Morgan fingerprint density at radius 1 is 1.48 bits per heavy atom. The second-order valence-electron chi connectivity index (χ2n) is 4.65. The van der Waals surface area contributed by atoms with Gasteiger partial charge in [0.25, 0.3) is 0 Å². The summed E-state index contributed by atoms with van der Waals surface area (Å²) in [5.41, 5.74) is -0.762. The molecule has 0 aromatic heterocycles. The highest BCUT2D eigenvalue weighted by atomic mass is 79.9. The number of halogens is 2. The van der Waals surface area contributed by atoms with Gasteiger partial charge in [0, 0.05) is 18.1 Å². The van der Waals surface area contributed by atoms with Crippen LogP contribution in [0.15, 0.2) is 21.5 Å². The summed E-state index contributed by atoms with van der Waals surface area (Å²) >= 11 is 2.95. The molecule has 1 aromatic rings. The van der Waals surface area contributed by atoms with Crippen LogP contribution in [0.1, 0.15) is 16.8 Å². The molecule has 1 heterocycles. The number of sulfone groups is 1. The van der Waals surface area contributed by atoms with Crippen molar-refractivity contribution in [1.82, 2.24) is 4.90 Å². The number of amides is 1. The molecule has 1 aliphatic rings. The van der Waals surface area contributed by atoms with Gasteiger partial charge in [-0.05, 0) is 18.6 Å². The highest BCUT2D eigenvalue weighted by Gasteiger charge is 2.42. The van der Waals surface area contributed by atoms with Gasteiger partial charge in [0.05, 0.1) is 5.56 Å². The van der Waals surface area contributed by atoms with Gasteiger partial charge in [-0.3, -0.25) is 4.79 Å². The van der Waals surface area contributed by atoms with Gasteiger partial charge in [0.2, 0.25) is 5.91 Å². The third-order valence-electron chi connectivity index (χ3n) is 3.29. The molecular formula is C12H11BrFNO5S. The molecule has 1 unspecified atom stereocenters. The molecule has 0 saturated carbocycles. The van der Waals surface area contributed by atoms with Gasteiger partial charge in [-0.25, -0.2) is 17.6 Å². The lowest BCUT2D eigenvalue weighted by Crippen LogP contribution is -2.32. The molecule has 0 radical (unpaired) electrons. The zero-order valence-corrected chi connectivity index (χ0v) is 13.2. The Bertz CT molecular complexity index is 733. The van der Waals surface area contributed by atoms with Gasteiger partial charge in [-0.15, -0.1) is 0 Å². The second-order valence-corrected chi connectivity index (χ2v) is 7.67. The minimum Gasteiger partial charge on any atom is -0.478 e. The van der Waals surface area contributed by atoms with E-state index in [1.165, 1.54) is 11.9 Å². The molecule has 0 spiro atoms. The van der Waals surface area contributed by atoms with Crippen molar-refractivity contribution in [3.63, 3.8) is 0 Å². The number of carboxylic acid groups (broad SMARTS) is 1. The maximum absolute atomic E-state index is 14.2. The highest BCUT2D eigenvalue weighted by Crippen LogP contribution is 2.30. The van der Waals surface area contributed by atoms with Crippen LogP contribution in [0.3, 0.4) is 0 Å². The molecular weight excluding hydrogens is 369 g/mol. The smallest absolute Gasteiger partial charge is 0.338 e. The Balaban J connectivity index is 2.61. The summed E-state index contributed by atoms with van der Waals surface area (Å²) in [6, 6.07) is 1.95. The molecule has 6 nitrogen and oxygen atoms in total. The normalized spacial score (nSPS) is 19.1. The average molecular weight is 380 g/mol. The van der Waals surface area contributed by atoms with Gasteiger partial charge in [0.1, 0.15) is 10.1 Å². The Kier molecular flexibility index (Phi) is 4.07. The van der Waals surface area contributed by atoms with E-state index in [1.807, 2.05) is 0 Å². The van der Waals surface area contributed by atoms with Crippen LogP contribution in [-0.2, 0) is 14.6 Å². The molecule has 1 saturated heterocycles. The zero-order chi connectivity index (χ0) is 15.9. The van der Waals surface area contributed by atoms with Crippen molar-refractivity contribution in [2.24, 2.45) is 0 Å². The quantitative estimate of drug-likeness (QED) is 0.854. The number of aromatic carboxylic acids is 1. The first-order valence-corrected chi connectivity index (χ1v) is 8.21. The molecule has 1 amide bonds. The third-order valence-corrected chi connectivity index (χ3v) is 5.85. The SMILES string of the molecule is CN1CCC(S(=O)(=O)c2cc(Br)cc(C(=O)O)c2F)C1=O. The van der Waals surface area contributed by atoms with Crippen molar-refractivity contribution in [3.8, 4) is 0 Å². The molecule has 0 bridgehead atoms. The van der Waals surface area contributed by atoms with Crippen LogP contribution >= 0.6 is 15.9 Å². The number of carboxylic acids is 1. The average Bonchev–Trinajstić information content (AvgIpc) is 2.72. The van der Waals surface area contributed by atoms with E-state index >= 15 is 0 Å². The van der Waals surface area contributed by atoms with Crippen molar-refractivity contribution < 1.29 is 27.5 Å². The minimum absolute atomic E-state index is 0.0476. The van der Waals surface area contributed by atoms with Crippen molar-refractivity contribution >= 4 is 37.6 Å². The van der Waals surface area contributed by atoms with Crippen molar-refractivity contribution in [1.29, 1.82) is 0 Å². The molecule has 2 rings (SSSR count). The number of hydrogen-bond donors (Lipinski definition) is 1. The second kappa shape index (κ2) is 5.38. The number of carbonyl (C=O) groups excluding carboxylic acids is 1. The summed E-state index contributed by atoms with van der Waals surface area (Å²) in [6.45, 7) is 0.254. The largest absolute Gasteiger partial charge is 0.478 e. The highest BCUT2D eigenvalue weighted by molar-refractivity contribution is 9.10. The first kappa shape index (κ1) is 15.9. The molecule has 1 fully saturated rings.